The summed E-state index contributed by atoms with van der Waals surface area (Å²) in [5.41, 5.74) is 0.126. The van der Waals surface area contributed by atoms with Crippen molar-refractivity contribution in [1.29, 1.82) is 5.26 Å². The van der Waals surface area contributed by atoms with E-state index in [4.69, 9.17) is 22.0 Å². The van der Waals surface area contributed by atoms with Gasteiger partial charge < -0.3 is 5.11 Å². The van der Waals surface area contributed by atoms with Gasteiger partial charge >= 0.3 is 5.97 Å². The van der Waals surface area contributed by atoms with Crippen molar-refractivity contribution in [2.45, 2.75) is 0 Å². The third kappa shape index (κ3) is 2.49. The second kappa shape index (κ2) is 4.96. The zero-order chi connectivity index (χ0) is 14.0. The highest BCUT2D eigenvalue weighted by atomic mass is 35.5. The molecule has 1 aromatic heterocycles. The van der Waals surface area contributed by atoms with E-state index in [1.807, 2.05) is 6.07 Å². The summed E-state index contributed by atoms with van der Waals surface area (Å²) < 4.78 is 1.10. The first-order valence-electron chi connectivity index (χ1n) is 5.19. The highest BCUT2D eigenvalue weighted by molar-refractivity contribution is 6.32. The minimum atomic E-state index is -1.15. The van der Waals surface area contributed by atoms with E-state index in [1.54, 1.807) is 0 Å². The molecule has 5 nitrogen and oxygen atoms in total. The Morgan fingerprint density at radius 3 is 2.68 bits per heavy atom. The van der Waals surface area contributed by atoms with Crippen LogP contribution in [0, 0.1) is 11.3 Å². The molecule has 2 aromatic rings. The minimum absolute atomic E-state index is 0.0435. The maximum Gasteiger partial charge on any atom is 0.337 e. The fourth-order valence-corrected chi connectivity index (χ4v) is 1.78. The molecule has 19 heavy (non-hydrogen) atoms. The zero-order valence-corrected chi connectivity index (χ0v) is 10.3. The van der Waals surface area contributed by atoms with Gasteiger partial charge in [-0.05, 0) is 24.3 Å². The lowest BCUT2D eigenvalue weighted by Gasteiger charge is -2.08. The SMILES string of the molecule is N#Cc1ccc(Cl)c(-n2cc(C(=O)O)ccc2=O)c1. The van der Waals surface area contributed by atoms with E-state index >= 15 is 0 Å². The Labute approximate surface area is 112 Å². The van der Waals surface area contributed by atoms with E-state index in [1.165, 1.54) is 30.5 Å². The molecule has 0 bridgehead atoms. The van der Waals surface area contributed by atoms with Gasteiger partial charge in [0, 0.05) is 12.3 Å². The number of carbonyl (C=O) groups is 1. The highest BCUT2D eigenvalue weighted by Gasteiger charge is 2.10. The topological polar surface area (TPSA) is 83.1 Å². The fraction of sp³-hybridized carbons (Fsp3) is 0. The molecule has 0 amide bonds. The van der Waals surface area contributed by atoms with Crippen molar-refractivity contribution in [2.75, 3.05) is 0 Å². The van der Waals surface area contributed by atoms with E-state index in [0.29, 0.717) is 5.56 Å². The lowest BCUT2D eigenvalue weighted by molar-refractivity contribution is 0.0696. The van der Waals surface area contributed by atoms with Crippen molar-refractivity contribution in [1.82, 2.24) is 4.57 Å². The van der Waals surface area contributed by atoms with Gasteiger partial charge in [0.05, 0.1) is 27.9 Å². The third-order valence-corrected chi connectivity index (χ3v) is 2.81. The summed E-state index contributed by atoms with van der Waals surface area (Å²) >= 11 is 5.98. The van der Waals surface area contributed by atoms with E-state index in [2.05, 4.69) is 0 Å². The van der Waals surface area contributed by atoms with Crippen LogP contribution in [-0.2, 0) is 0 Å². The average Bonchev–Trinajstić information content (AvgIpc) is 2.40. The second-order valence-electron chi connectivity index (χ2n) is 3.71. The van der Waals surface area contributed by atoms with Crippen LogP contribution in [0.3, 0.4) is 0 Å². The molecule has 2 rings (SSSR count). The van der Waals surface area contributed by atoms with Gasteiger partial charge in [-0.3, -0.25) is 9.36 Å². The van der Waals surface area contributed by atoms with Crippen LogP contribution in [0.2, 0.25) is 5.02 Å². The van der Waals surface area contributed by atoms with Crippen LogP contribution in [0.4, 0.5) is 0 Å². The summed E-state index contributed by atoms with van der Waals surface area (Å²) in [6.45, 7) is 0. The van der Waals surface area contributed by atoms with Gasteiger partial charge in [-0.25, -0.2) is 4.79 Å². The molecule has 94 valence electrons. The second-order valence-corrected chi connectivity index (χ2v) is 4.12. The van der Waals surface area contributed by atoms with Crippen molar-refractivity contribution in [3.05, 3.63) is 63.0 Å². The smallest absolute Gasteiger partial charge is 0.337 e. The van der Waals surface area contributed by atoms with Crippen molar-refractivity contribution >= 4 is 17.6 Å². The Hall–Kier alpha value is -2.58. The van der Waals surface area contributed by atoms with Crippen LogP contribution in [0.15, 0.2) is 41.3 Å². The van der Waals surface area contributed by atoms with Gasteiger partial charge in [-0.1, -0.05) is 11.6 Å². The van der Waals surface area contributed by atoms with Crippen LogP contribution in [0.5, 0.6) is 0 Å². The largest absolute Gasteiger partial charge is 0.478 e. The fourth-order valence-electron chi connectivity index (χ4n) is 1.57. The van der Waals surface area contributed by atoms with Gasteiger partial charge in [0.25, 0.3) is 5.56 Å². The molecule has 0 saturated heterocycles. The predicted octanol–water partition coefficient (Wildman–Crippen LogP) is 2.06. The normalized spacial score (nSPS) is 9.89. The first-order valence-corrected chi connectivity index (χ1v) is 5.57. The quantitative estimate of drug-likeness (QED) is 0.908. The van der Waals surface area contributed by atoms with Gasteiger partial charge in [0.2, 0.25) is 0 Å². The summed E-state index contributed by atoms with van der Waals surface area (Å²) in [6, 6.07) is 8.70. The standard InChI is InChI=1S/C13H7ClN2O3/c14-10-3-1-8(6-15)5-11(10)16-7-9(13(18)19)2-4-12(16)17/h1-5,7H,(H,18,19). The minimum Gasteiger partial charge on any atom is -0.478 e. The number of benzene rings is 1. The number of halogens is 1. The number of hydrogen-bond donors (Lipinski definition) is 1. The first kappa shape index (κ1) is 12.9. The number of aromatic nitrogens is 1. The Bertz CT molecular complexity index is 759. The van der Waals surface area contributed by atoms with Crippen molar-refractivity contribution in [3.63, 3.8) is 0 Å². The molecule has 0 saturated carbocycles. The molecule has 0 radical (unpaired) electrons. The van der Waals surface area contributed by atoms with E-state index in [9.17, 15) is 9.59 Å². The average molecular weight is 275 g/mol. The van der Waals surface area contributed by atoms with Crippen molar-refractivity contribution in [2.24, 2.45) is 0 Å². The molecule has 0 aliphatic heterocycles. The molecule has 1 N–H and O–H groups in total. The van der Waals surface area contributed by atoms with Gasteiger partial charge in [-0.15, -0.1) is 0 Å². The van der Waals surface area contributed by atoms with Crippen LogP contribution < -0.4 is 5.56 Å². The number of nitriles is 1. The summed E-state index contributed by atoms with van der Waals surface area (Å²) in [5.74, 6) is -1.15. The maximum absolute atomic E-state index is 11.8. The molecular formula is C13H7ClN2O3. The molecule has 0 atom stereocenters. The predicted molar refractivity (Wildman–Crippen MR) is 68.7 cm³/mol. The highest BCUT2D eigenvalue weighted by Crippen LogP contribution is 2.20. The molecule has 0 aliphatic rings. The van der Waals surface area contributed by atoms with Crippen molar-refractivity contribution in [3.8, 4) is 11.8 Å². The summed E-state index contributed by atoms with van der Waals surface area (Å²) in [5, 5.41) is 18.0. The van der Waals surface area contributed by atoms with Gasteiger partial charge in [0.15, 0.2) is 0 Å². The molecular weight excluding hydrogens is 268 g/mol. The summed E-state index contributed by atoms with van der Waals surface area (Å²) in [6.07, 6.45) is 1.17. The molecule has 0 aliphatic carbocycles. The lowest BCUT2D eigenvalue weighted by atomic mass is 10.2. The number of rotatable bonds is 2. The molecule has 1 heterocycles. The number of aromatic carboxylic acids is 1. The number of carboxylic acid groups (broad SMARTS) is 1. The van der Waals surface area contributed by atoms with Gasteiger partial charge in [-0.2, -0.15) is 5.26 Å². The molecule has 0 fully saturated rings. The Morgan fingerprint density at radius 2 is 2.05 bits per heavy atom. The molecule has 0 unspecified atom stereocenters. The molecule has 6 heteroatoms. The number of hydrogen-bond acceptors (Lipinski definition) is 3. The summed E-state index contributed by atoms with van der Waals surface area (Å²) in [4.78, 5) is 22.7. The lowest BCUT2D eigenvalue weighted by Crippen LogP contribution is -2.18. The van der Waals surface area contributed by atoms with E-state index in [0.717, 1.165) is 10.6 Å². The summed E-state index contributed by atoms with van der Waals surface area (Å²) in [7, 11) is 0. The monoisotopic (exact) mass is 274 g/mol. The first-order chi connectivity index (χ1) is 9.02. The van der Waals surface area contributed by atoms with Crippen LogP contribution in [0.1, 0.15) is 15.9 Å². The van der Waals surface area contributed by atoms with E-state index < -0.39 is 11.5 Å². The van der Waals surface area contributed by atoms with Crippen LogP contribution >= 0.6 is 11.6 Å². The maximum atomic E-state index is 11.8. The number of nitrogens with zero attached hydrogens (tertiary/aromatic N) is 2. The Kier molecular flexibility index (Phi) is 3.36. The van der Waals surface area contributed by atoms with Crippen LogP contribution in [0.25, 0.3) is 5.69 Å². The molecule has 1 aromatic carbocycles. The van der Waals surface area contributed by atoms with Gasteiger partial charge in [0.1, 0.15) is 0 Å². The Balaban J connectivity index is 2.71. The Morgan fingerprint density at radius 1 is 1.32 bits per heavy atom. The molecule has 0 spiro atoms. The third-order valence-electron chi connectivity index (χ3n) is 2.49. The van der Waals surface area contributed by atoms with E-state index in [-0.39, 0.29) is 16.3 Å². The number of pyridine rings is 1. The zero-order valence-electron chi connectivity index (χ0n) is 9.50. The van der Waals surface area contributed by atoms with Crippen molar-refractivity contribution < 1.29 is 9.90 Å². The number of carboxylic acids is 1. The van der Waals surface area contributed by atoms with Crippen LogP contribution in [-0.4, -0.2) is 15.6 Å².